The molecule has 7 rings (SSSR count). The predicted octanol–water partition coefficient (Wildman–Crippen LogP) is 11.6. The van der Waals surface area contributed by atoms with Gasteiger partial charge in [0.25, 0.3) is 0 Å². The van der Waals surface area contributed by atoms with E-state index in [-0.39, 0.29) is 10.8 Å². The van der Waals surface area contributed by atoms with E-state index < -0.39 is 0 Å². The number of allylic oxidation sites excluding steroid dienone is 8. The van der Waals surface area contributed by atoms with Crippen molar-refractivity contribution in [2.45, 2.75) is 43.4 Å². The first-order chi connectivity index (χ1) is 26.4. The molecule has 1 unspecified atom stereocenters. The molecule has 6 aromatic carbocycles. The fraction of sp³-hybridized carbons (Fsp3) is 0.176. The molecule has 0 bridgehead atoms. The largest absolute Gasteiger partial charge is 0.347 e. The third-order valence-electron chi connectivity index (χ3n) is 11.2. The van der Waals surface area contributed by atoms with E-state index in [1.807, 2.05) is 6.07 Å². The first-order valence-corrected chi connectivity index (χ1v) is 19.5. The minimum atomic E-state index is -0.199. The van der Waals surface area contributed by atoms with Crippen LogP contribution in [0.2, 0.25) is 5.02 Å². The van der Waals surface area contributed by atoms with Crippen LogP contribution < -0.4 is 10.2 Å². The lowest BCUT2D eigenvalue weighted by Crippen LogP contribution is -2.73. The maximum absolute atomic E-state index is 6.73. The molecule has 2 nitrogen and oxygen atoms in total. The molecular weight excluding hydrogens is 676 g/mol. The second-order valence-corrected chi connectivity index (χ2v) is 15.3. The molecular formula is C51H50ClN2+. The monoisotopic (exact) mass is 725 g/mol. The highest BCUT2D eigenvalue weighted by molar-refractivity contribution is 6.30. The number of rotatable bonds is 13. The maximum atomic E-state index is 6.73. The summed E-state index contributed by atoms with van der Waals surface area (Å²) in [7, 11) is 4.33. The number of nitrogens with two attached hydrogens (primary N) is 1. The summed E-state index contributed by atoms with van der Waals surface area (Å²) in [6.07, 6.45) is 19.1. The van der Waals surface area contributed by atoms with E-state index in [1.54, 1.807) is 0 Å². The Balaban J connectivity index is 1.17. The van der Waals surface area contributed by atoms with Crippen molar-refractivity contribution >= 4 is 33.7 Å². The zero-order chi connectivity index (χ0) is 37.4. The van der Waals surface area contributed by atoms with Crippen LogP contribution in [-0.2, 0) is 30.1 Å². The summed E-state index contributed by atoms with van der Waals surface area (Å²) < 4.78 is 0. The van der Waals surface area contributed by atoms with Crippen molar-refractivity contribution < 1.29 is 5.32 Å². The molecule has 2 N–H and O–H groups in total. The molecule has 54 heavy (non-hydrogen) atoms. The van der Waals surface area contributed by atoms with Crippen molar-refractivity contribution in [1.29, 1.82) is 0 Å². The summed E-state index contributed by atoms with van der Waals surface area (Å²) in [6, 6.07) is 52.3. The van der Waals surface area contributed by atoms with E-state index >= 15 is 0 Å². The van der Waals surface area contributed by atoms with E-state index in [4.69, 9.17) is 11.6 Å². The van der Waals surface area contributed by atoms with Crippen LogP contribution in [0.4, 0.5) is 11.4 Å². The summed E-state index contributed by atoms with van der Waals surface area (Å²) in [5.74, 6) is 0. The molecule has 0 saturated heterocycles. The third kappa shape index (κ3) is 7.92. The predicted molar refractivity (Wildman–Crippen MR) is 231 cm³/mol. The number of anilines is 1. The minimum Gasteiger partial charge on any atom is -0.347 e. The van der Waals surface area contributed by atoms with Crippen LogP contribution in [0.3, 0.4) is 0 Å². The summed E-state index contributed by atoms with van der Waals surface area (Å²) in [5, 5.41) is 5.60. The van der Waals surface area contributed by atoms with Crippen molar-refractivity contribution in [3.05, 3.63) is 227 Å². The van der Waals surface area contributed by atoms with Gasteiger partial charge >= 0.3 is 0 Å². The Morgan fingerprint density at radius 3 is 1.93 bits per heavy atom. The number of quaternary nitrogens is 1. The number of halogens is 1. The van der Waals surface area contributed by atoms with E-state index in [9.17, 15) is 0 Å². The Morgan fingerprint density at radius 2 is 1.26 bits per heavy atom. The molecule has 1 aliphatic heterocycles. The van der Waals surface area contributed by atoms with Gasteiger partial charge in [-0.3, -0.25) is 0 Å². The lowest BCUT2D eigenvalue weighted by atomic mass is 9.68. The zero-order valence-corrected chi connectivity index (χ0v) is 32.4. The van der Waals surface area contributed by atoms with Gasteiger partial charge in [0.05, 0.1) is 7.05 Å². The van der Waals surface area contributed by atoms with E-state index in [0.717, 1.165) is 30.7 Å². The quantitative estimate of drug-likeness (QED) is 0.0928. The average Bonchev–Trinajstić information content (AvgIpc) is 3.41. The van der Waals surface area contributed by atoms with Crippen molar-refractivity contribution in [2.75, 3.05) is 19.0 Å². The first kappa shape index (κ1) is 36.9. The van der Waals surface area contributed by atoms with E-state index in [0.29, 0.717) is 0 Å². The summed E-state index contributed by atoms with van der Waals surface area (Å²) >= 11 is 6.73. The SMILES string of the molecule is C[NH2+]c1ccc(Cl)cc1C(C/C=C/C=C/C=C/C=C1/N(C)c2ccc3ccccc3c2C1(C)Cc1ccccc1)(Cc1ccccc1)Cc1ccccc1. The van der Waals surface area contributed by atoms with Gasteiger partial charge in [-0.25, -0.2) is 0 Å². The molecule has 1 atom stereocenters. The minimum absolute atomic E-state index is 0.184. The Morgan fingerprint density at radius 1 is 0.667 bits per heavy atom. The fourth-order valence-electron chi connectivity index (χ4n) is 8.66. The fourth-order valence-corrected chi connectivity index (χ4v) is 8.83. The Labute approximate surface area is 326 Å². The van der Waals surface area contributed by atoms with Gasteiger partial charge in [-0.1, -0.05) is 169 Å². The van der Waals surface area contributed by atoms with Gasteiger partial charge in [-0.05, 0) is 89.9 Å². The van der Waals surface area contributed by atoms with Crippen molar-refractivity contribution in [2.24, 2.45) is 0 Å². The van der Waals surface area contributed by atoms with E-state index in [1.165, 1.54) is 55.7 Å². The highest BCUT2D eigenvalue weighted by Gasteiger charge is 2.43. The molecule has 0 radical (unpaired) electrons. The number of hydrogen-bond acceptors (Lipinski definition) is 1. The van der Waals surface area contributed by atoms with Crippen LogP contribution in [-0.4, -0.2) is 14.1 Å². The van der Waals surface area contributed by atoms with Gasteiger partial charge in [0.15, 0.2) is 0 Å². The highest BCUT2D eigenvalue weighted by atomic mass is 35.5. The van der Waals surface area contributed by atoms with Crippen LogP contribution in [0, 0.1) is 0 Å². The maximum Gasteiger partial charge on any atom is 0.133 e. The van der Waals surface area contributed by atoms with Gasteiger partial charge in [0.1, 0.15) is 5.69 Å². The van der Waals surface area contributed by atoms with Crippen LogP contribution in [0.5, 0.6) is 0 Å². The topological polar surface area (TPSA) is 19.9 Å². The summed E-state index contributed by atoms with van der Waals surface area (Å²) in [5.41, 5.74) is 10.1. The van der Waals surface area contributed by atoms with Crippen LogP contribution in [0.25, 0.3) is 10.8 Å². The zero-order valence-electron chi connectivity index (χ0n) is 31.6. The third-order valence-corrected chi connectivity index (χ3v) is 11.4. The number of fused-ring (bicyclic) bond motifs is 3. The number of hydrogen-bond donors (Lipinski definition) is 1. The molecule has 1 aliphatic rings. The Kier molecular flexibility index (Phi) is 11.4. The highest BCUT2D eigenvalue weighted by Crippen LogP contribution is 2.52. The second-order valence-electron chi connectivity index (χ2n) is 14.8. The first-order valence-electron chi connectivity index (χ1n) is 19.1. The van der Waals surface area contributed by atoms with Crippen LogP contribution >= 0.6 is 11.6 Å². The smallest absolute Gasteiger partial charge is 0.133 e. The molecule has 6 aromatic rings. The molecule has 0 fully saturated rings. The van der Waals surface area contributed by atoms with Gasteiger partial charge in [0, 0.05) is 45.9 Å². The van der Waals surface area contributed by atoms with Gasteiger partial charge in [0.2, 0.25) is 0 Å². The molecule has 1 heterocycles. The van der Waals surface area contributed by atoms with Crippen molar-refractivity contribution in [3.63, 3.8) is 0 Å². The Hall–Kier alpha value is -5.41. The van der Waals surface area contributed by atoms with Gasteiger partial charge in [-0.2, -0.15) is 0 Å². The molecule has 0 spiro atoms. The molecule has 270 valence electrons. The van der Waals surface area contributed by atoms with Crippen LogP contribution in [0.15, 0.2) is 194 Å². The lowest BCUT2D eigenvalue weighted by Gasteiger charge is -2.35. The standard InChI is InChI=1S/C51H49ClN2/c1-50(36-39-21-11-8-12-22-39)48(54(3)47-33-30-42-27-18-19-28-44(42)49(47)50)29-17-6-4-5-7-20-34-51(37-40-23-13-9-14-24-40,38-41-25-15-10-16-26-41)45-35-43(52)31-32-46(45)53-2/h4-33,35,53H,34,36-38H2,1-3H3/p+1/b5-4+,17-6+,20-7+,48-29+. The molecule has 0 saturated carbocycles. The second kappa shape index (κ2) is 16.7. The number of likely N-dealkylation sites (N-methyl/N-ethyl adjacent to an activating group) is 1. The average molecular weight is 726 g/mol. The molecule has 0 aromatic heterocycles. The normalized spacial score (nSPS) is 16.7. The van der Waals surface area contributed by atoms with Gasteiger partial charge < -0.3 is 10.2 Å². The van der Waals surface area contributed by atoms with Crippen molar-refractivity contribution in [1.82, 2.24) is 0 Å². The van der Waals surface area contributed by atoms with Gasteiger partial charge in [-0.15, -0.1) is 0 Å². The van der Waals surface area contributed by atoms with Crippen molar-refractivity contribution in [3.8, 4) is 0 Å². The Bertz CT molecular complexity index is 2260. The summed E-state index contributed by atoms with van der Waals surface area (Å²) in [4.78, 5) is 2.38. The lowest BCUT2D eigenvalue weighted by molar-refractivity contribution is -0.540. The molecule has 0 amide bonds. The van der Waals surface area contributed by atoms with E-state index in [2.05, 4.69) is 213 Å². The number of benzene rings is 6. The molecule has 0 aliphatic carbocycles. The van der Waals surface area contributed by atoms with Crippen LogP contribution in [0.1, 0.15) is 41.2 Å². The summed E-state index contributed by atoms with van der Waals surface area (Å²) in [6.45, 7) is 2.41. The number of nitrogens with zero attached hydrogens (tertiary/aromatic N) is 1. The molecule has 3 heteroatoms.